The number of nitro benzene ring substituents is 1. The molecule has 0 heterocycles. The Morgan fingerprint density at radius 1 is 1.38 bits per heavy atom. The van der Waals surface area contributed by atoms with Crippen LogP contribution in [-0.2, 0) is 0 Å². The van der Waals surface area contributed by atoms with Gasteiger partial charge in [0, 0.05) is 12.6 Å². The van der Waals surface area contributed by atoms with Crippen molar-refractivity contribution in [3.05, 3.63) is 33.9 Å². The lowest BCUT2D eigenvalue weighted by atomic mass is 10.0. The van der Waals surface area contributed by atoms with Gasteiger partial charge in [0.2, 0.25) is 0 Å². The van der Waals surface area contributed by atoms with Gasteiger partial charge in [0.1, 0.15) is 5.69 Å². The number of anilines is 1. The smallest absolute Gasteiger partial charge is 0.275 e. The van der Waals surface area contributed by atoms with E-state index in [1.54, 1.807) is 4.90 Å². The molecule has 1 aliphatic carbocycles. The molecule has 7 heteroatoms. The highest BCUT2D eigenvalue weighted by atomic mass is 19.1. The Kier molecular flexibility index (Phi) is 4.72. The van der Waals surface area contributed by atoms with Gasteiger partial charge in [-0.2, -0.15) is 0 Å². The second-order valence-corrected chi connectivity index (χ2v) is 5.30. The molecule has 1 fully saturated rings. The number of hydrogen-bond donors (Lipinski definition) is 1. The van der Waals surface area contributed by atoms with Gasteiger partial charge >= 0.3 is 0 Å². The molecule has 1 aromatic rings. The Labute approximate surface area is 121 Å². The first-order valence-corrected chi connectivity index (χ1v) is 7.09. The van der Waals surface area contributed by atoms with Crippen molar-refractivity contribution >= 4 is 11.4 Å². The second kappa shape index (κ2) is 6.34. The number of hydrogen-bond acceptors (Lipinski definition) is 4. The largest absolute Gasteiger partial charge is 0.364 e. The van der Waals surface area contributed by atoms with E-state index in [4.69, 9.17) is 5.73 Å². The van der Waals surface area contributed by atoms with E-state index in [2.05, 4.69) is 0 Å². The van der Waals surface area contributed by atoms with Crippen molar-refractivity contribution in [3.63, 3.8) is 0 Å². The number of nitrogens with zero attached hydrogens (tertiary/aromatic N) is 2. The minimum atomic E-state index is -0.897. The van der Waals surface area contributed by atoms with Crippen LogP contribution in [0.15, 0.2) is 12.1 Å². The molecule has 2 unspecified atom stereocenters. The molecule has 1 aliphatic rings. The molecular formula is C14H19F2N3O2. The molecule has 2 N–H and O–H groups in total. The van der Waals surface area contributed by atoms with E-state index in [1.165, 1.54) is 0 Å². The summed E-state index contributed by atoms with van der Waals surface area (Å²) >= 11 is 0. The number of halogens is 2. The summed E-state index contributed by atoms with van der Waals surface area (Å²) in [5.41, 5.74) is 4.97. The van der Waals surface area contributed by atoms with Crippen molar-refractivity contribution in [1.82, 2.24) is 0 Å². The zero-order valence-corrected chi connectivity index (χ0v) is 11.9. The average Bonchev–Trinajstić information content (AvgIpc) is 2.90. The topological polar surface area (TPSA) is 72.4 Å². The summed E-state index contributed by atoms with van der Waals surface area (Å²) in [7, 11) is 0. The van der Waals surface area contributed by atoms with Crippen LogP contribution in [0, 0.1) is 27.7 Å². The van der Waals surface area contributed by atoms with Crippen LogP contribution in [0.25, 0.3) is 0 Å². The van der Waals surface area contributed by atoms with Gasteiger partial charge in [-0.3, -0.25) is 10.1 Å². The van der Waals surface area contributed by atoms with Gasteiger partial charge in [-0.25, -0.2) is 8.78 Å². The Morgan fingerprint density at radius 2 is 2.00 bits per heavy atom. The van der Waals surface area contributed by atoms with Crippen LogP contribution in [0.2, 0.25) is 0 Å². The van der Waals surface area contributed by atoms with E-state index in [0.29, 0.717) is 13.1 Å². The molecule has 0 amide bonds. The third-order valence-electron chi connectivity index (χ3n) is 4.16. The molecule has 1 aromatic carbocycles. The molecule has 0 bridgehead atoms. The van der Waals surface area contributed by atoms with Gasteiger partial charge in [0.05, 0.1) is 17.1 Å². The lowest BCUT2D eigenvalue weighted by Crippen LogP contribution is -2.41. The lowest BCUT2D eigenvalue weighted by molar-refractivity contribution is -0.385. The van der Waals surface area contributed by atoms with E-state index >= 15 is 0 Å². The quantitative estimate of drug-likeness (QED) is 0.670. The predicted molar refractivity (Wildman–Crippen MR) is 76.2 cm³/mol. The SMILES string of the molecule is CCN(c1c(F)cc([N+](=O)[O-])cc1F)C1CCCC1CN. The summed E-state index contributed by atoms with van der Waals surface area (Å²) in [5, 5.41) is 10.7. The molecule has 5 nitrogen and oxygen atoms in total. The first-order chi connectivity index (χ1) is 9.99. The van der Waals surface area contributed by atoms with Crippen LogP contribution >= 0.6 is 0 Å². The Bertz CT molecular complexity index is 516. The van der Waals surface area contributed by atoms with Crippen molar-refractivity contribution in [2.45, 2.75) is 32.2 Å². The Balaban J connectivity index is 2.40. The maximum atomic E-state index is 14.2. The van der Waals surface area contributed by atoms with Gasteiger partial charge in [0.15, 0.2) is 11.6 Å². The van der Waals surface area contributed by atoms with E-state index in [9.17, 15) is 18.9 Å². The zero-order valence-electron chi connectivity index (χ0n) is 11.9. The van der Waals surface area contributed by atoms with Crippen LogP contribution < -0.4 is 10.6 Å². The van der Waals surface area contributed by atoms with E-state index in [0.717, 1.165) is 31.4 Å². The standard InChI is InChI=1S/C14H19F2N3O2/c1-2-18(13-5-3-4-9(13)8-17)14-11(15)6-10(19(20)21)7-12(14)16/h6-7,9,13H,2-5,8,17H2,1H3. The van der Waals surface area contributed by atoms with Crippen molar-refractivity contribution in [1.29, 1.82) is 0 Å². The fourth-order valence-corrected chi connectivity index (χ4v) is 3.19. The maximum Gasteiger partial charge on any atom is 0.275 e. The molecule has 2 atom stereocenters. The van der Waals surface area contributed by atoms with E-state index in [1.807, 2.05) is 6.92 Å². The molecule has 0 aliphatic heterocycles. The molecular weight excluding hydrogens is 280 g/mol. The minimum absolute atomic E-state index is 0.0227. The number of non-ortho nitro benzene ring substituents is 1. The van der Waals surface area contributed by atoms with Gasteiger partial charge < -0.3 is 10.6 Å². The first-order valence-electron chi connectivity index (χ1n) is 7.09. The highest BCUT2D eigenvalue weighted by Gasteiger charge is 2.33. The van der Waals surface area contributed by atoms with E-state index in [-0.39, 0.29) is 17.6 Å². The Morgan fingerprint density at radius 3 is 2.48 bits per heavy atom. The lowest BCUT2D eigenvalue weighted by Gasteiger charge is -2.34. The van der Waals surface area contributed by atoms with Crippen molar-refractivity contribution in [3.8, 4) is 0 Å². The maximum absolute atomic E-state index is 14.2. The summed E-state index contributed by atoms with van der Waals surface area (Å²) in [6.45, 7) is 2.70. The van der Waals surface area contributed by atoms with Crippen LogP contribution in [0.3, 0.4) is 0 Å². The number of nitro groups is 1. The molecule has 21 heavy (non-hydrogen) atoms. The normalized spacial score (nSPS) is 21.5. The molecule has 2 rings (SSSR count). The molecule has 1 saturated carbocycles. The van der Waals surface area contributed by atoms with Crippen LogP contribution in [0.4, 0.5) is 20.2 Å². The fourth-order valence-electron chi connectivity index (χ4n) is 3.19. The fraction of sp³-hybridized carbons (Fsp3) is 0.571. The first kappa shape index (κ1) is 15.6. The third-order valence-corrected chi connectivity index (χ3v) is 4.16. The summed E-state index contributed by atoms with van der Waals surface area (Å²) in [6.07, 6.45) is 2.73. The zero-order chi connectivity index (χ0) is 15.6. The van der Waals surface area contributed by atoms with Crippen LogP contribution in [-0.4, -0.2) is 24.1 Å². The predicted octanol–water partition coefficient (Wildman–Crippen LogP) is 2.83. The average molecular weight is 299 g/mol. The number of benzene rings is 1. The highest BCUT2D eigenvalue weighted by molar-refractivity contribution is 5.54. The van der Waals surface area contributed by atoms with Gasteiger partial charge in [-0.15, -0.1) is 0 Å². The van der Waals surface area contributed by atoms with Crippen LogP contribution in [0.5, 0.6) is 0 Å². The summed E-state index contributed by atoms with van der Waals surface area (Å²) in [5.74, 6) is -1.60. The van der Waals surface area contributed by atoms with Gasteiger partial charge in [-0.05, 0) is 32.2 Å². The molecule has 0 spiro atoms. The summed E-state index contributed by atoms with van der Waals surface area (Å²) in [4.78, 5) is 11.5. The minimum Gasteiger partial charge on any atom is -0.364 e. The summed E-state index contributed by atoms with van der Waals surface area (Å²) in [6, 6.07) is 1.52. The second-order valence-electron chi connectivity index (χ2n) is 5.30. The summed E-state index contributed by atoms with van der Waals surface area (Å²) < 4.78 is 28.4. The van der Waals surface area contributed by atoms with Crippen molar-refractivity contribution < 1.29 is 13.7 Å². The third kappa shape index (κ3) is 2.97. The van der Waals surface area contributed by atoms with Gasteiger partial charge in [-0.1, -0.05) is 6.42 Å². The van der Waals surface area contributed by atoms with Gasteiger partial charge in [0.25, 0.3) is 5.69 Å². The van der Waals surface area contributed by atoms with Crippen LogP contribution in [0.1, 0.15) is 26.2 Å². The highest BCUT2D eigenvalue weighted by Crippen LogP contribution is 2.36. The van der Waals surface area contributed by atoms with Crippen molar-refractivity contribution in [2.75, 3.05) is 18.0 Å². The molecule has 116 valence electrons. The Hall–Kier alpha value is -1.76. The number of nitrogens with two attached hydrogens (primary N) is 1. The molecule has 0 aromatic heterocycles. The molecule has 0 saturated heterocycles. The monoisotopic (exact) mass is 299 g/mol. The number of rotatable bonds is 5. The van der Waals surface area contributed by atoms with E-state index < -0.39 is 22.2 Å². The molecule has 0 radical (unpaired) electrons. The van der Waals surface area contributed by atoms with Crippen molar-refractivity contribution in [2.24, 2.45) is 11.7 Å².